The van der Waals surface area contributed by atoms with Gasteiger partial charge in [0.05, 0.1) is 13.0 Å². The molecule has 0 aromatic rings. The number of unbranched alkanes of at least 4 members (excludes halogenated alkanes) is 12. The van der Waals surface area contributed by atoms with Crippen molar-refractivity contribution in [3.8, 4) is 0 Å². The van der Waals surface area contributed by atoms with Crippen molar-refractivity contribution in [3.63, 3.8) is 0 Å². The van der Waals surface area contributed by atoms with Crippen LogP contribution in [0, 0.1) is 0 Å². The van der Waals surface area contributed by atoms with Crippen LogP contribution < -0.4 is 0 Å². The minimum atomic E-state index is -4.76. The van der Waals surface area contributed by atoms with Crippen LogP contribution >= 0.6 is 0 Å². The fourth-order valence-electron chi connectivity index (χ4n) is 3.06. The van der Waals surface area contributed by atoms with Crippen LogP contribution in [-0.4, -0.2) is 43.4 Å². The van der Waals surface area contributed by atoms with E-state index >= 15 is 0 Å². The summed E-state index contributed by atoms with van der Waals surface area (Å²) in [5.74, 6) is -2.05. The van der Waals surface area contributed by atoms with E-state index in [1.54, 1.807) is 0 Å². The number of carbonyl (C=O) groups excluding carboxylic acids is 2. The maximum atomic E-state index is 11.8. The first kappa shape index (κ1) is 28.6. The van der Waals surface area contributed by atoms with E-state index in [4.69, 9.17) is 9.29 Å². The topological polar surface area (TPSA) is 107 Å². The van der Waals surface area contributed by atoms with Crippen molar-refractivity contribution in [3.05, 3.63) is 12.7 Å². The SMILES string of the molecule is C=CCOC(=O)C(CC(=O)OCCCCCCCCCCCCCCC)S(=O)(=O)O. The van der Waals surface area contributed by atoms with Crippen LogP contribution in [0.25, 0.3) is 0 Å². The van der Waals surface area contributed by atoms with E-state index in [2.05, 4.69) is 18.2 Å². The van der Waals surface area contributed by atoms with E-state index in [-0.39, 0.29) is 13.2 Å². The van der Waals surface area contributed by atoms with Gasteiger partial charge in [0.15, 0.2) is 5.25 Å². The molecule has 1 N–H and O–H groups in total. The van der Waals surface area contributed by atoms with Crippen LogP contribution in [-0.2, 0) is 29.2 Å². The Morgan fingerprint density at radius 1 is 0.867 bits per heavy atom. The van der Waals surface area contributed by atoms with Gasteiger partial charge in [-0.1, -0.05) is 96.6 Å². The number of esters is 2. The molecule has 30 heavy (non-hydrogen) atoms. The first-order chi connectivity index (χ1) is 14.3. The minimum Gasteiger partial charge on any atom is -0.466 e. The molecule has 0 aliphatic heterocycles. The molecular formula is C22H40O7S. The number of hydrogen-bond donors (Lipinski definition) is 1. The molecule has 8 heteroatoms. The molecule has 0 rings (SSSR count). The molecule has 0 aliphatic rings. The van der Waals surface area contributed by atoms with Gasteiger partial charge in [-0.05, 0) is 6.42 Å². The Hall–Kier alpha value is -1.41. The van der Waals surface area contributed by atoms with Gasteiger partial charge in [-0.25, -0.2) is 0 Å². The molecule has 0 aromatic carbocycles. The Labute approximate surface area is 182 Å². The number of carbonyl (C=O) groups is 2. The molecule has 176 valence electrons. The average Bonchev–Trinajstić information content (AvgIpc) is 2.69. The van der Waals surface area contributed by atoms with Crippen LogP contribution in [0.2, 0.25) is 0 Å². The molecule has 0 saturated heterocycles. The summed E-state index contributed by atoms with van der Waals surface area (Å²) in [5.41, 5.74) is 0. The van der Waals surface area contributed by atoms with Crippen molar-refractivity contribution in [1.82, 2.24) is 0 Å². The van der Waals surface area contributed by atoms with Crippen molar-refractivity contribution in [2.75, 3.05) is 13.2 Å². The highest BCUT2D eigenvalue weighted by Crippen LogP contribution is 2.13. The predicted molar refractivity (Wildman–Crippen MR) is 118 cm³/mol. The zero-order valence-electron chi connectivity index (χ0n) is 18.5. The maximum absolute atomic E-state index is 11.8. The second-order valence-electron chi connectivity index (χ2n) is 7.59. The molecule has 0 spiro atoms. The van der Waals surface area contributed by atoms with Gasteiger partial charge in [-0.3, -0.25) is 14.1 Å². The number of hydrogen-bond acceptors (Lipinski definition) is 6. The number of rotatable bonds is 20. The Bertz CT molecular complexity index is 572. The molecule has 0 radical (unpaired) electrons. The van der Waals surface area contributed by atoms with E-state index < -0.39 is 33.7 Å². The monoisotopic (exact) mass is 448 g/mol. The standard InChI is InChI=1S/C22H40O7S/c1-3-5-6-7-8-9-10-11-12-13-14-15-16-18-28-21(23)19-20(30(25,26)27)22(24)29-17-4-2/h4,20H,2-3,5-19H2,1H3,(H,25,26,27). The van der Waals surface area contributed by atoms with E-state index in [0.29, 0.717) is 6.42 Å². The van der Waals surface area contributed by atoms with Crippen molar-refractivity contribution >= 4 is 22.1 Å². The lowest BCUT2D eigenvalue weighted by atomic mass is 10.0. The zero-order chi connectivity index (χ0) is 22.7. The molecule has 0 aromatic heterocycles. The van der Waals surface area contributed by atoms with Gasteiger partial charge in [0, 0.05) is 0 Å². The first-order valence-corrected chi connectivity index (χ1v) is 12.7. The van der Waals surface area contributed by atoms with Gasteiger partial charge < -0.3 is 9.47 Å². The molecular weight excluding hydrogens is 408 g/mol. The Morgan fingerprint density at radius 3 is 1.77 bits per heavy atom. The Morgan fingerprint density at radius 2 is 1.33 bits per heavy atom. The van der Waals surface area contributed by atoms with Crippen LogP contribution in [0.15, 0.2) is 12.7 Å². The molecule has 0 fully saturated rings. The highest BCUT2D eigenvalue weighted by molar-refractivity contribution is 7.87. The van der Waals surface area contributed by atoms with Crippen LogP contribution in [0.1, 0.15) is 96.8 Å². The fourth-order valence-corrected chi connectivity index (χ4v) is 3.72. The lowest BCUT2D eigenvalue weighted by molar-refractivity contribution is -0.149. The van der Waals surface area contributed by atoms with E-state index in [0.717, 1.165) is 19.3 Å². The normalized spacial score (nSPS) is 12.3. The molecule has 0 amide bonds. The quantitative estimate of drug-likeness (QED) is 0.121. The summed E-state index contributed by atoms with van der Waals surface area (Å²) in [6.07, 6.45) is 16.1. The van der Waals surface area contributed by atoms with E-state index in [1.807, 2.05) is 0 Å². The molecule has 1 atom stereocenters. The predicted octanol–water partition coefficient (Wildman–Crippen LogP) is 5.00. The van der Waals surface area contributed by atoms with E-state index in [9.17, 15) is 18.0 Å². The van der Waals surface area contributed by atoms with Gasteiger partial charge in [-0.2, -0.15) is 8.42 Å². The highest BCUT2D eigenvalue weighted by Gasteiger charge is 2.35. The van der Waals surface area contributed by atoms with Crippen molar-refractivity contribution < 1.29 is 32.0 Å². The van der Waals surface area contributed by atoms with Gasteiger partial charge in [-0.15, -0.1) is 0 Å². The lowest BCUT2D eigenvalue weighted by Gasteiger charge is -2.12. The highest BCUT2D eigenvalue weighted by atomic mass is 32.2. The summed E-state index contributed by atoms with van der Waals surface area (Å²) in [7, 11) is -4.76. The Kier molecular flexibility index (Phi) is 17.5. The summed E-state index contributed by atoms with van der Waals surface area (Å²) in [5, 5.41) is -1.98. The summed E-state index contributed by atoms with van der Waals surface area (Å²) in [4.78, 5) is 23.4. The van der Waals surface area contributed by atoms with Crippen LogP contribution in [0.5, 0.6) is 0 Å². The third-order valence-electron chi connectivity index (χ3n) is 4.83. The van der Waals surface area contributed by atoms with Crippen molar-refractivity contribution in [2.24, 2.45) is 0 Å². The van der Waals surface area contributed by atoms with Gasteiger partial charge in [0.1, 0.15) is 6.61 Å². The third kappa shape index (κ3) is 16.4. The average molecular weight is 449 g/mol. The zero-order valence-corrected chi connectivity index (χ0v) is 19.3. The van der Waals surface area contributed by atoms with Gasteiger partial charge in [0.25, 0.3) is 10.1 Å². The molecule has 7 nitrogen and oxygen atoms in total. The second-order valence-corrected chi connectivity index (χ2v) is 9.19. The van der Waals surface area contributed by atoms with Crippen LogP contribution in [0.3, 0.4) is 0 Å². The molecule has 1 unspecified atom stereocenters. The van der Waals surface area contributed by atoms with Crippen molar-refractivity contribution in [1.29, 1.82) is 0 Å². The van der Waals surface area contributed by atoms with Gasteiger partial charge >= 0.3 is 11.9 Å². The fraction of sp³-hybridized carbons (Fsp3) is 0.818. The first-order valence-electron chi connectivity index (χ1n) is 11.2. The smallest absolute Gasteiger partial charge is 0.327 e. The van der Waals surface area contributed by atoms with Gasteiger partial charge in [0.2, 0.25) is 0 Å². The molecule has 0 saturated carbocycles. The molecule has 0 heterocycles. The molecule has 0 bridgehead atoms. The van der Waals surface area contributed by atoms with E-state index in [1.165, 1.54) is 63.9 Å². The Balaban J connectivity index is 3.74. The summed E-state index contributed by atoms with van der Waals surface area (Å²) >= 11 is 0. The second kappa shape index (κ2) is 18.4. The summed E-state index contributed by atoms with van der Waals surface area (Å²) in [6.45, 7) is 5.52. The number of ether oxygens (including phenoxy) is 2. The summed E-state index contributed by atoms with van der Waals surface area (Å²) < 4.78 is 41.3. The summed E-state index contributed by atoms with van der Waals surface area (Å²) in [6, 6.07) is 0. The lowest BCUT2D eigenvalue weighted by Crippen LogP contribution is -2.34. The third-order valence-corrected chi connectivity index (χ3v) is 5.91. The maximum Gasteiger partial charge on any atom is 0.327 e. The largest absolute Gasteiger partial charge is 0.466 e. The van der Waals surface area contributed by atoms with Crippen LogP contribution in [0.4, 0.5) is 0 Å². The minimum absolute atomic E-state index is 0.163. The molecule has 0 aliphatic carbocycles. The van der Waals surface area contributed by atoms with Crippen molar-refractivity contribution in [2.45, 2.75) is 102 Å².